The standard InChI is InChI=1S/C24H21FN2O2S2/c1-30-18-11-9-16(10-12-18)24-23-21(20-7-2-3-8-22(20)26-23)13-14-27(24)31(28,29)19-6-4-5-17(25)15-19/h2-12,15,24,26H,13-14H2,1H3. The van der Waals surface area contributed by atoms with E-state index >= 15 is 0 Å². The molecule has 0 amide bonds. The maximum atomic E-state index is 13.9. The topological polar surface area (TPSA) is 53.2 Å². The van der Waals surface area contributed by atoms with Gasteiger partial charge in [-0.1, -0.05) is 36.4 Å². The molecule has 5 rings (SSSR count). The quantitative estimate of drug-likeness (QED) is 0.424. The molecule has 7 heteroatoms. The molecular formula is C24H21FN2O2S2. The van der Waals surface area contributed by atoms with Crippen LogP contribution in [-0.4, -0.2) is 30.5 Å². The van der Waals surface area contributed by atoms with Crippen molar-refractivity contribution in [2.75, 3.05) is 12.8 Å². The predicted molar refractivity (Wildman–Crippen MR) is 122 cm³/mol. The summed E-state index contributed by atoms with van der Waals surface area (Å²) in [5.74, 6) is -0.565. The average Bonchev–Trinajstić information content (AvgIpc) is 3.17. The van der Waals surface area contributed by atoms with Crippen LogP contribution in [-0.2, 0) is 16.4 Å². The van der Waals surface area contributed by atoms with Crippen LogP contribution in [0.4, 0.5) is 4.39 Å². The molecule has 0 bridgehead atoms. The number of nitrogens with one attached hydrogen (secondary N) is 1. The lowest BCUT2D eigenvalue weighted by molar-refractivity contribution is 0.340. The minimum absolute atomic E-state index is 0.0298. The molecule has 1 N–H and O–H groups in total. The van der Waals surface area contributed by atoms with E-state index in [9.17, 15) is 12.8 Å². The van der Waals surface area contributed by atoms with Gasteiger partial charge in [0.05, 0.1) is 10.9 Å². The summed E-state index contributed by atoms with van der Waals surface area (Å²) in [6.07, 6.45) is 2.60. The summed E-state index contributed by atoms with van der Waals surface area (Å²) in [5, 5.41) is 1.12. The van der Waals surface area contributed by atoms with Gasteiger partial charge in [-0.3, -0.25) is 0 Å². The average molecular weight is 453 g/mol. The highest BCUT2D eigenvalue weighted by Gasteiger charge is 2.39. The van der Waals surface area contributed by atoms with Gasteiger partial charge in [0.25, 0.3) is 0 Å². The van der Waals surface area contributed by atoms with Crippen LogP contribution in [0.3, 0.4) is 0 Å². The molecule has 1 aromatic heterocycles. The lowest BCUT2D eigenvalue weighted by atomic mass is 9.94. The first-order chi connectivity index (χ1) is 15.0. The minimum atomic E-state index is -3.91. The molecule has 0 saturated heterocycles. The number of H-pyrrole nitrogens is 1. The monoisotopic (exact) mass is 452 g/mol. The van der Waals surface area contributed by atoms with Gasteiger partial charge in [0.15, 0.2) is 0 Å². The van der Waals surface area contributed by atoms with Gasteiger partial charge in [0.1, 0.15) is 5.82 Å². The number of benzene rings is 3. The van der Waals surface area contributed by atoms with Crippen LogP contribution in [0, 0.1) is 5.82 Å². The SMILES string of the molecule is CSc1ccc(C2c3[nH]c4ccccc4c3CCN2S(=O)(=O)c2cccc(F)c2)cc1. The minimum Gasteiger partial charge on any atom is -0.357 e. The van der Waals surface area contributed by atoms with Crippen LogP contribution >= 0.6 is 11.8 Å². The number of hydrogen-bond donors (Lipinski definition) is 1. The second-order valence-electron chi connectivity index (χ2n) is 7.56. The first kappa shape index (κ1) is 20.3. The third-order valence-corrected chi connectivity index (χ3v) is 8.43. The molecule has 0 saturated carbocycles. The molecule has 0 fully saturated rings. The third-order valence-electron chi connectivity index (χ3n) is 5.82. The number of aromatic amines is 1. The number of sulfonamides is 1. The van der Waals surface area contributed by atoms with Gasteiger partial charge >= 0.3 is 0 Å². The van der Waals surface area contributed by atoms with E-state index in [2.05, 4.69) is 11.1 Å². The first-order valence-corrected chi connectivity index (χ1v) is 12.7. The summed E-state index contributed by atoms with van der Waals surface area (Å²) in [4.78, 5) is 4.55. The number of halogens is 1. The highest BCUT2D eigenvalue weighted by molar-refractivity contribution is 7.98. The van der Waals surface area contributed by atoms with Gasteiger partial charge < -0.3 is 4.98 Å². The molecule has 2 heterocycles. The molecule has 0 radical (unpaired) electrons. The van der Waals surface area contributed by atoms with Crippen LogP contribution < -0.4 is 0 Å². The molecule has 0 aliphatic carbocycles. The zero-order chi connectivity index (χ0) is 21.6. The predicted octanol–water partition coefficient (Wildman–Crippen LogP) is 5.37. The van der Waals surface area contributed by atoms with E-state index in [0.717, 1.165) is 38.7 Å². The Bertz CT molecular complexity index is 1360. The van der Waals surface area contributed by atoms with Crippen molar-refractivity contribution in [3.63, 3.8) is 0 Å². The van der Waals surface area contributed by atoms with E-state index in [1.165, 1.54) is 22.5 Å². The maximum Gasteiger partial charge on any atom is 0.244 e. The first-order valence-electron chi connectivity index (χ1n) is 10.00. The Balaban J connectivity index is 1.70. The van der Waals surface area contributed by atoms with Gasteiger partial charge in [-0.2, -0.15) is 4.31 Å². The van der Waals surface area contributed by atoms with E-state index in [-0.39, 0.29) is 4.90 Å². The number of para-hydroxylation sites is 1. The van der Waals surface area contributed by atoms with Crippen molar-refractivity contribution in [2.24, 2.45) is 0 Å². The number of aromatic nitrogens is 1. The summed E-state index contributed by atoms with van der Waals surface area (Å²) in [6, 6.07) is 20.7. The number of fused-ring (bicyclic) bond motifs is 3. The molecule has 31 heavy (non-hydrogen) atoms. The van der Waals surface area contributed by atoms with Gasteiger partial charge in [-0.15, -0.1) is 11.8 Å². The van der Waals surface area contributed by atoms with E-state index in [0.29, 0.717) is 13.0 Å². The summed E-state index contributed by atoms with van der Waals surface area (Å²) in [6.45, 7) is 0.322. The highest BCUT2D eigenvalue weighted by Crippen LogP contribution is 2.41. The van der Waals surface area contributed by atoms with E-state index < -0.39 is 21.9 Å². The van der Waals surface area contributed by atoms with Crippen molar-refractivity contribution in [3.05, 3.63) is 95.4 Å². The largest absolute Gasteiger partial charge is 0.357 e. The summed E-state index contributed by atoms with van der Waals surface area (Å²) in [5.41, 5.74) is 3.89. The fourth-order valence-corrected chi connectivity index (χ4v) is 6.39. The molecule has 3 aromatic carbocycles. The molecule has 1 unspecified atom stereocenters. The van der Waals surface area contributed by atoms with E-state index in [4.69, 9.17) is 0 Å². The van der Waals surface area contributed by atoms with Crippen LogP contribution in [0.25, 0.3) is 10.9 Å². The summed E-state index contributed by atoms with van der Waals surface area (Å²) >= 11 is 1.64. The zero-order valence-corrected chi connectivity index (χ0v) is 18.5. The molecular weight excluding hydrogens is 431 g/mol. The molecule has 158 valence electrons. The molecule has 1 aliphatic rings. The van der Waals surface area contributed by atoms with Crippen molar-refractivity contribution in [2.45, 2.75) is 22.3 Å². The van der Waals surface area contributed by atoms with E-state index in [1.54, 1.807) is 11.8 Å². The Morgan fingerprint density at radius 1 is 1.03 bits per heavy atom. The highest BCUT2D eigenvalue weighted by atomic mass is 32.2. The Hall–Kier alpha value is -2.61. The molecule has 1 aliphatic heterocycles. The number of rotatable bonds is 4. The van der Waals surface area contributed by atoms with Crippen LogP contribution in [0.1, 0.15) is 22.9 Å². The van der Waals surface area contributed by atoms with Crippen molar-refractivity contribution in [1.82, 2.24) is 9.29 Å². The maximum absolute atomic E-state index is 13.9. The molecule has 0 spiro atoms. The number of thioether (sulfide) groups is 1. The van der Waals surface area contributed by atoms with Gasteiger partial charge in [-0.05, 0) is 60.2 Å². The smallest absolute Gasteiger partial charge is 0.244 e. The molecule has 4 nitrogen and oxygen atoms in total. The lowest BCUT2D eigenvalue weighted by Gasteiger charge is -2.35. The van der Waals surface area contributed by atoms with Gasteiger partial charge in [0.2, 0.25) is 10.0 Å². The van der Waals surface area contributed by atoms with Crippen molar-refractivity contribution >= 4 is 32.7 Å². The van der Waals surface area contributed by atoms with Gasteiger partial charge in [-0.25, -0.2) is 12.8 Å². The second kappa shape index (κ2) is 7.82. The molecule has 1 atom stereocenters. The summed E-state index contributed by atoms with van der Waals surface area (Å²) in [7, 11) is -3.91. The van der Waals surface area contributed by atoms with Crippen LogP contribution in [0.15, 0.2) is 82.6 Å². The van der Waals surface area contributed by atoms with E-state index in [1.807, 2.05) is 48.7 Å². The Kier molecular flexibility index (Phi) is 5.12. The second-order valence-corrected chi connectivity index (χ2v) is 10.3. The fourth-order valence-electron chi connectivity index (χ4n) is 4.36. The van der Waals surface area contributed by atoms with Crippen molar-refractivity contribution in [3.8, 4) is 0 Å². The summed E-state index contributed by atoms with van der Waals surface area (Å²) < 4.78 is 42.6. The number of nitrogens with zero attached hydrogens (tertiary/aromatic N) is 1. The Labute approximate surface area is 185 Å². The zero-order valence-electron chi connectivity index (χ0n) is 16.9. The number of hydrogen-bond acceptors (Lipinski definition) is 3. The third kappa shape index (κ3) is 3.46. The van der Waals surface area contributed by atoms with Crippen molar-refractivity contribution < 1.29 is 12.8 Å². The van der Waals surface area contributed by atoms with Crippen LogP contribution in [0.5, 0.6) is 0 Å². The molecule has 4 aromatic rings. The Morgan fingerprint density at radius 2 is 1.81 bits per heavy atom. The normalized spacial score (nSPS) is 17.0. The fraction of sp³-hybridized carbons (Fsp3) is 0.167. The van der Waals surface area contributed by atoms with Crippen LogP contribution in [0.2, 0.25) is 0 Å². The Morgan fingerprint density at radius 3 is 2.55 bits per heavy atom. The van der Waals surface area contributed by atoms with Crippen molar-refractivity contribution in [1.29, 1.82) is 0 Å². The van der Waals surface area contributed by atoms with Gasteiger partial charge in [0, 0.05) is 28.0 Å². The lowest BCUT2D eigenvalue weighted by Crippen LogP contribution is -2.40.